The third-order valence-corrected chi connectivity index (χ3v) is 2.21. The van der Waals surface area contributed by atoms with E-state index >= 15 is 0 Å². The first-order valence-electron chi connectivity index (χ1n) is 4.52. The molecule has 16 heavy (non-hydrogen) atoms. The van der Waals surface area contributed by atoms with Gasteiger partial charge in [-0.15, -0.1) is 0 Å². The predicted molar refractivity (Wildman–Crippen MR) is 52.5 cm³/mol. The maximum absolute atomic E-state index is 10.7. The van der Waals surface area contributed by atoms with Crippen molar-refractivity contribution in [3.63, 3.8) is 0 Å². The van der Waals surface area contributed by atoms with E-state index in [0.29, 0.717) is 0 Å². The molecular weight excluding hydrogens is 220 g/mol. The minimum Gasteiger partial charge on any atom is -0.434 e. The van der Waals surface area contributed by atoms with Gasteiger partial charge in [0.25, 0.3) is 0 Å². The van der Waals surface area contributed by atoms with Gasteiger partial charge >= 0.3 is 5.97 Å². The highest BCUT2D eigenvalue weighted by molar-refractivity contribution is 5.66. The van der Waals surface area contributed by atoms with Crippen LogP contribution >= 0.6 is 0 Å². The number of rotatable bonds is 2. The van der Waals surface area contributed by atoms with Crippen molar-refractivity contribution in [3.8, 4) is 0 Å². The number of nitrogens with two attached hydrogens (primary N) is 1. The van der Waals surface area contributed by atoms with Crippen molar-refractivity contribution < 1.29 is 29.6 Å². The number of esters is 1. The Morgan fingerprint density at radius 1 is 1.44 bits per heavy atom. The van der Waals surface area contributed by atoms with E-state index in [-0.39, 0.29) is 6.15 Å². The smallest absolute Gasteiger partial charge is 0.304 e. The summed E-state index contributed by atoms with van der Waals surface area (Å²) in [6.45, 7) is 0.671. The number of hydrogen-bond acceptors (Lipinski definition) is 8. The fourth-order valence-corrected chi connectivity index (χ4v) is 1.37. The fourth-order valence-electron chi connectivity index (χ4n) is 1.37. The molecule has 1 aliphatic rings. The van der Waals surface area contributed by atoms with E-state index < -0.39 is 43.2 Å². The van der Waals surface area contributed by atoms with Crippen molar-refractivity contribution in [2.45, 2.75) is 37.6 Å². The lowest BCUT2D eigenvalue weighted by Crippen LogP contribution is -2.62. The van der Waals surface area contributed by atoms with Gasteiger partial charge < -0.3 is 36.7 Å². The summed E-state index contributed by atoms with van der Waals surface area (Å²) in [4.78, 5) is 10.7. The number of carbonyl (C=O) groups is 1. The lowest BCUT2D eigenvalue weighted by Gasteiger charge is -2.39. The number of ether oxygens (including phenoxy) is 2. The van der Waals surface area contributed by atoms with Crippen molar-refractivity contribution >= 4 is 5.97 Å². The van der Waals surface area contributed by atoms with Crippen LogP contribution in [0.5, 0.6) is 0 Å². The molecule has 96 valence electrons. The third kappa shape index (κ3) is 3.11. The molecule has 8 heteroatoms. The SMILES string of the molecule is CC(=O)OC1O[C@H](CO)[C@@H](O)[C@H](O)[C@H]1N.N. The lowest BCUT2D eigenvalue weighted by molar-refractivity contribution is -0.258. The first-order valence-corrected chi connectivity index (χ1v) is 4.52. The zero-order valence-electron chi connectivity index (χ0n) is 8.94. The largest absolute Gasteiger partial charge is 0.434 e. The Hall–Kier alpha value is -0.770. The van der Waals surface area contributed by atoms with E-state index in [1.165, 1.54) is 6.92 Å². The highest BCUT2D eigenvalue weighted by Crippen LogP contribution is 2.20. The lowest BCUT2D eigenvalue weighted by atomic mass is 9.98. The van der Waals surface area contributed by atoms with Crippen molar-refractivity contribution in [1.29, 1.82) is 0 Å². The summed E-state index contributed by atoms with van der Waals surface area (Å²) in [5.41, 5.74) is 5.48. The van der Waals surface area contributed by atoms with Gasteiger partial charge in [-0.05, 0) is 0 Å². The average Bonchev–Trinajstić information content (AvgIpc) is 2.18. The molecule has 5 atom stereocenters. The van der Waals surface area contributed by atoms with Crippen LogP contribution in [0.1, 0.15) is 6.92 Å². The van der Waals surface area contributed by atoms with E-state index in [9.17, 15) is 15.0 Å². The summed E-state index contributed by atoms with van der Waals surface area (Å²) in [7, 11) is 0. The Bertz CT molecular complexity index is 237. The van der Waals surface area contributed by atoms with Crippen LogP contribution in [0.25, 0.3) is 0 Å². The maximum Gasteiger partial charge on any atom is 0.304 e. The Balaban J connectivity index is 0.00000225. The minimum atomic E-state index is -1.31. The van der Waals surface area contributed by atoms with Gasteiger partial charge in [0.2, 0.25) is 6.29 Å². The van der Waals surface area contributed by atoms with Gasteiger partial charge in [0.05, 0.1) is 12.6 Å². The molecule has 1 aliphatic heterocycles. The molecule has 0 bridgehead atoms. The van der Waals surface area contributed by atoms with E-state index in [2.05, 4.69) is 4.74 Å². The molecule has 0 saturated carbocycles. The second-order valence-electron chi connectivity index (χ2n) is 3.39. The molecule has 0 aromatic rings. The second-order valence-corrected chi connectivity index (χ2v) is 3.39. The molecule has 0 amide bonds. The van der Waals surface area contributed by atoms with E-state index in [1.807, 2.05) is 0 Å². The zero-order valence-corrected chi connectivity index (χ0v) is 8.94. The second kappa shape index (κ2) is 6.09. The highest BCUT2D eigenvalue weighted by atomic mass is 16.7. The van der Waals surface area contributed by atoms with E-state index in [1.54, 1.807) is 0 Å². The van der Waals surface area contributed by atoms with Gasteiger partial charge in [0.1, 0.15) is 18.3 Å². The molecule has 0 spiro atoms. The van der Waals surface area contributed by atoms with Gasteiger partial charge in [-0.1, -0.05) is 0 Å². The molecule has 1 unspecified atom stereocenters. The molecule has 8 N–H and O–H groups in total. The maximum atomic E-state index is 10.7. The summed E-state index contributed by atoms with van der Waals surface area (Å²) < 4.78 is 9.70. The van der Waals surface area contributed by atoms with Crippen LogP contribution in [0.4, 0.5) is 0 Å². The van der Waals surface area contributed by atoms with Crippen LogP contribution in [0.3, 0.4) is 0 Å². The molecule has 1 fully saturated rings. The van der Waals surface area contributed by atoms with Gasteiger partial charge in [0.15, 0.2) is 0 Å². The van der Waals surface area contributed by atoms with E-state index in [0.717, 1.165) is 0 Å². The molecule has 0 aromatic carbocycles. The summed E-state index contributed by atoms with van der Waals surface area (Å²) in [5.74, 6) is -0.615. The Kier molecular flexibility index (Phi) is 5.79. The highest BCUT2D eigenvalue weighted by Gasteiger charge is 2.43. The average molecular weight is 238 g/mol. The molecule has 0 aliphatic carbocycles. The monoisotopic (exact) mass is 238 g/mol. The van der Waals surface area contributed by atoms with Crippen molar-refractivity contribution in [2.24, 2.45) is 5.73 Å². The molecule has 1 saturated heterocycles. The molecule has 0 aromatic heterocycles. The Morgan fingerprint density at radius 2 is 2.00 bits per heavy atom. The molecule has 0 radical (unpaired) electrons. The molecular formula is C8H18N2O6. The quantitative estimate of drug-likeness (QED) is 0.330. The number of aliphatic hydroxyl groups is 3. The fraction of sp³-hybridized carbons (Fsp3) is 0.875. The molecule has 1 heterocycles. The third-order valence-electron chi connectivity index (χ3n) is 2.21. The summed E-state index contributed by atoms with van der Waals surface area (Å²) in [5, 5.41) is 27.7. The van der Waals surface area contributed by atoms with Crippen LogP contribution in [0.2, 0.25) is 0 Å². The molecule has 8 nitrogen and oxygen atoms in total. The normalized spacial score (nSPS) is 38.7. The number of hydrogen-bond donors (Lipinski definition) is 5. The van der Waals surface area contributed by atoms with Crippen LogP contribution in [0.15, 0.2) is 0 Å². The summed E-state index contributed by atoms with van der Waals surface area (Å²) in [6, 6.07) is -1.04. The van der Waals surface area contributed by atoms with Crippen LogP contribution in [-0.4, -0.2) is 58.5 Å². The summed E-state index contributed by atoms with van der Waals surface area (Å²) in [6.07, 6.45) is -4.76. The van der Waals surface area contributed by atoms with E-state index in [4.69, 9.17) is 15.6 Å². The Labute approximate surface area is 92.5 Å². The zero-order chi connectivity index (χ0) is 11.6. The topological polar surface area (TPSA) is 157 Å². The van der Waals surface area contributed by atoms with Crippen LogP contribution in [0, 0.1) is 0 Å². The predicted octanol–water partition coefficient (Wildman–Crippen LogP) is -2.52. The number of carbonyl (C=O) groups excluding carboxylic acids is 1. The van der Waals surface area contributed by atoms with Crippen LogP contribution in [-0.2, 0) is 14.3 Å². The summed E-state index contributed by atoms with van der Waals surface area (Å²) >= 11 is 0. The Morgan fingerprint density at radius 3 is 2.44 bits per heavy atom. The standard InChI is InChI=1S/C8H15NO6.H3N/c1-3(11)14-8-5(9)7(13)6(12)4(2-10)15-8;/h4-8,10,12-13H,2,9H2,1H3;1H3/t4-,5-,6-,7-,8?;/m1./s1. The first kappa shape index (κ1) is 15.2. The van der Waals surface area contributed by atoms with Crippen molar-refractivity contribution in [1.82, 2.24) is 6.15 Å². The van der Waals surface area contributed by atoms with Crippen LogP contribution < -0.4 is 11.9 Å². The van der Waals surface area contributed by atoms with Gasteiger partial charge in [-0.3, -0.25) is 4.79 Å². The molecule has 1 rings (SSSR count). The number of aliphatic hydroxyl groups excluding tert-OH is 3. The van der Waals surface area contributed by atoms with Crippen molar-refractivity contribution in [2.75, 3.05) is 6.61 Å². The minimum absolute atomic E-state index is 0. The van der Waals surface area contributed by atoms with Gasteiger partial charge in [-0.25, -0.2) is 0 Å². The first-order chi connectivity index (χ1) is 6.97. The van der Waals surface area contributed by atoms with Gasteiger partial charge in [0, 0.05) is 6.92 Å². The van der Waals surface area contributed by atoms with Gasteiger partial charge in [-0.2, -0.15) is 0 Å². The van der Waals surface area contributed by atoms with Crippen molar-refractivity contribution in [3.05, 3.63) is 0 Å².